The Bertz CT molecular complexity index is 517. The largest absolute Gasteiger partial charge is 0.543 e. The normalized spacial score (nSPS) is 10.7. The van der Waals surface area contributed by atoms with Crippen molar-refractivity contribution in [3.63, 3.8) is 0 Å². The molecule has 0 saturated heterocycles. The second kappa shape index (κ2) is 2.76. The molecule has 0 unspecified atom stereocenters. The molecule has 0 spiro atoms. The fourth-order valence-electron chi connectivity index (χ4n) is 1.32. The van der Waals surface area contributed by atoms with Crippen molar-refractivity contribution in [2.75, 3.05) is 0 Å². The van der Waals surface area contributed by atoms with Gasteiger partial charge in [0.25, 0.3) is 0 Å². The number of rotatable bonds is 1. The fraction of sp³-hybridized carbons (Fsp3) is 0.250. The molecule has 14 heavy (non-hydrogen) atoms. The van der Waals surface area contributed by atoms with Crippen molar-refractivity contribution in [1.82, 2.24) is 14.9 Å². The zero-order valence-corrected chi connectivity index (χ0v) is 7.76. The molecule has 6 heteroatoms. The second-order valence-corrected chi connectivity index (χ2v) is 2.99. The highest BCUT2D eigenvalue weighted by atomic mass is 16.4. The minimum atomic E-state index is -1.29. The minimum Gasteiger partial charge on any atom is -0.543 e. The van der Waals surface area contributed by atoms with E-state index in [4.69, 9.17) is 0 Å². The quantitative estimate of drug-likeness (QED) is 0.497. The number of hydrogen-bond acceptors (Lipinski definition) is 4. The van der Waals surface area contributed by atoms with Crippen LogP contribution in [0.3, 0.4) is 0 Å². The van der Waals surface area contributed by atoms with E-state index in [1.54, 1.807) is 31.0 Å². The number of fused-ring (bicyclic) bond motifs is 1. The fourth-order valence-corrected chi connectivity index (χ4v) is 1.32. The highest BCUT2D eigenvalue weighted by molar-refractivity contribution is 5.98. The molecule has 0 bridgehead atoms. The summed E-state index contributed by atoms with van der Waals surface area (Å²) in [6.07, 6.45) is 1.66. The molecule has 0 radical (unpaired) electrons. The van der Waals surface area contributed by atoms with Crippen LogP contribution in [0.1, 0.15) is 10.5 Å². The van der Waals surface area contributed by atoms with Crippen LogP contribution in [0, 0.1) is 0 Å². The zero-order valence-electron chi connectivity index (χ0n) is 7.76. The lowest BCUT2D eigenvalue weighted by molar-refractivity contribution is -0.728. The molecule has 0 saturated carbocycles. The van der Waals surface area contributed by atoms with Crippen molar-refractivity contribution >= 4 is 17.0 Å². The van der Waals surface area contributed by atoms with Crippen LogP contribution in [0.15, 0.2) is 12.3 Å². The number of carboxylic acid groups (broad SMARTS) is 1. The molecule has 0 amide bonds. The van der Waals surface area contributed by atoms with Crippen molar-refractivity contribution < 1.29 is 14.6 Å². The topological polar surface area (TPSA) is 74.7 Å². The van der Waals surface area contributed by atoms with Gasteiger partial charge in [0.1, 0.15) is 5.69 Å². The molecular formula is C8H8N4O2. The molecule has 0 atom stereocenters. The Morgan fingerprint density at radius 2 is 2.36 bits per heavy atom. The van der Waals surface area contributed by atoms with Gasteiger partial charge >= 0.3 is 0 Å². The van der Waals surface area contributed by atoms with Gasteiger partial charge in [-0.05, 0) is 0 Å². The summed E-state index contributed by atoms with van der Waals surface area (Å²) in [6.45, 7) is 0. The maximum absolute atomic E-state index is 10.7. The molecule has 2 aromatic rings. The lowest BCUT2D eigenvalue weighted by Crippen LogP contribution is -2.32. The Balaban J connectivity index is 2.84. The third kappa shape index (κ3) is 1.12. The van der Waals surface area contributed by atoms with Crippen LogP contribution in [0.2, 0.25) is 0 Å². The number of carboxylic acids is 1. The van der Waals surface area contributed by atoms with E-state index in [0.29, 0.717) is 11.0 Å². The molecule has 0 fully saturated rings. The number of nitrogens with zero attached hydrogens (tertiary/aromatic N) is 4. The Hall–Kier alpha value is -1.98. The summed E-state index contributed by atoms with van der Waals surface area (Å²) >= 11 is 0. The molecule has 0 N–H and O–H groups in total. The van der Waals surface area contributed by atoms with E-state index >= 15 is 0 Å². The first-order chi connectivity index (χ1) is 6.59. The molecule has 0 aliphatic carbocycles. The molecule has 2 rings (SSSR count). The van der Waals surface area contributed by atoms with E-state index in [1.807, 2.05) is 0 Å². The number of carbonyl (C=O) groups excluding carboxylic acids is 1. The van der Waals surface area contributed by atoms with E-state index in [9.17, 15) is 9.90 Å². The summed E-state index contributed by atoms with van der Waals surface area (Å²) in [7, 11) is 3.40. The Kier molecular flexibility index (Phi) is 1.70. The predicted molar refractivity (Wildman–Crippen MR) is 44.0 cm³/mol. The van der Waals surface area contributed by atoms with Crippen molar-refractivity contribution in [2.24, 2.45) is 14.1 Å². The number of aromatic nitrogens is 4. The van der Waals surface area contributed by atoms with E-state index in [0.717, 1.165) is 0 Å². The summed E-state index contributed by atoms with van der Waals surface area (Å²) in [6, 6.07) is 1.65. The standard InChI is InChI=1S/C8H8N4O2/c1-11-4-3-5-6(8(13)14)9-12(2)7(5)10-11/h3-4H,1-2H3. The average molecular weight is 192 g/mol. The molecule has 72 valence electrons. The number of hydrogen-bond donors (Lipinski definition) is 0. The van der Waals surface area contributed by atoms with Gasteiger partial charge < -0.3 is 9.90 Å². The van der Waals surface area contributed by atoms with Crippen molar-refractivity contribution in [1.29, 1.82) is 0 Å². The van der Waals surface area contributed by atoms with Crippen LogP contribution < -0.4 is 9.79 Å². The Morgan fingerprint density at radius 1 is 1.64 bits per heavy atom. The van der Waals surface area contributed by atoms with Gasteiger partial charge in [-0.2, -0.15) is 5.10 Å². The van der Waals surface area contributed by atoms with Crippen LogP contribution in [0.5, 0.6) is 0 Å². The van der Waals surface area contributed by atoms with Crippen molar-refractivity contribution in [3.05, 3.63) is 18.0 Å². The lowest BCUT2D eigenvalue weighted by atomic mass is 10.3. The summed E-state index contributed by atoms with van der Waals surface area (Å²) in [5, 5.41) is 19.1. The SMILES string of the molecule is Cn1nc(C(=O)[O-])c2cc[n+](C)nc21. The first-order valence-corrected chi connectivity index (χ1v) is 4.00. The maximum atomic E-state index is 10.7. The number of aryl methyl sites for hydroxylation is 2. The molecule has 0 aliphatic heterocycles. The minimum absolute atomic E-state index is 0.0735. The van der Waals surface area contributed by atoms with Gasteiger partial charge in [-0.25, -0.2) is 4.68 Å². The second-order valence-electron chi connectivity index (χ2n) is 2.99. The Morgan fingerprint density at radius 3 is 3.00 bits per heavy atom. The summed E-state index contributed by atoms with van der Waals surface area (Å²) in [5.41, 5.74) is 0.449. The van der Waals surface area contributed by atoms with E-state index in [2.05, 4.69) is 10.2 Å². The van der Waals surface area contributed by atoms with Crippen molar-refractivity contribution in [3.8, 4) is 0 Å². The van der Waals surface area contributed by atoms with Crippen LogP contribution in [-0.2, 0) is 14.1 Å². The maximum Gasteiger partial charge on any atom is 0.226 e. The van der Waals surface area contributed by atoms with Gasteiger partial charge in [-0.3, -0.25) is 0 Å². The third-order valence-corrected chi connectivity index (χ3v) is 1.96. The van der Waals surface area contributed by atoms with Crippen LogP contribution in [0.4, 0.5) is 0 Å². The van der Waals surface area contributed by atoms with E-state index < -0.39 is 5.97 Å². The van der Waals surface area contributed by atoms with Gasteiger partial charge in [-0.15, -0.1) is 0 Å². The summed E-state index contributed by atoms with van der Waals surface area (Å²) in [5.74, 6) is -1.29. The third-order valence-electron chi connectivity index (χ3n) is 1.96. The first kappa shape index (κ1) is 8.61. The highest BCUT2D eigenvalue weighted by Gasteiger charge is 2.13. The van der Waals surface area contributed by atoms with Gasteiger partial charge in [0.2, 0.25) is 5.65 Å². The molecule has 0 aromatic carbocycles. The molecule has 6 nitrogen and oxygen atoms in total. The lowest BCUT2D eigenvalue weighted by Gasteiger charge is -1.94. The van der Waals surface area contributed by atoms with Crippen LogP contribution >= 0.6 is 0 Å². The molecule has 0 aliphatic rings. The monoisotopic (exact) mass is 192 g/mol. The number of aromatic carboxylic acids is 1. The smallest absolute Gasteiger partial charge is 0.226 e. The van der Waals surface area contributed by atoms with Gasteiger partial charge in [-0.1, -0.05) is 4.68 Å². The molecule has 2 aromatic heterocycles. The predicted octanol–water partition coefficient (Wildman–Crippen LogP) is -1.84. The van der Waals surface area contributed by atoms with Gasteiger partial charge in [0, 0.05) is 18.2 Å². The van der Waals surface area contributed by atoms with Gasteiger partial charge in [0.15, 0.2) is 13.2 Å². The summed E-state index contributed by atoms with van der Waals surface area (Å²) < 4.78 is 3.00. The van der Waals surface area contributed by atoms with E-state index in [1.165, 1.54) is 4.68 Å². The highest BCUT2D eigenvalue weighted by Crippen LogP contribution is 2.12. The van der Waals surface area contributed by atoms with Crippen LogP contribution in [-0.4, -0.2) is 20.8 Å². The first-order valence-electron chi connectivity index (χ1n) is 4.00. The Labute approximate surface area is 79.4 Å². The zero-order chi connectivity index (χ0) is 10.3. The summed E-state index contributed by atoms with van der Waals surface area (Å²) in [4.78, 5) is 10.7. The van der Waals surface area contributed by atoms with E-state index in [-0.39, 0.29) is 5.69 Å². The number of carbonyl (C=O) groups is 1. The van der Waals surface area contributed by atoms with Crippen LogP contribution in [0.25, 0.3) is 11.0 Å². The average Bonchev–Trinajstić information content (AvgIpc) is 2.44. The van der Waals surface area contributed by atoms with Gasteiger partial charge in [0.05, 0.1) is 11.4 Å². The molecular weight excluding hydrogens is 184 g/mol. The molecule has 2 heterocycles. The van der Waals surface area contributed by atoms with Crippen molar-refractivity contribution in [2.45, 2.75) is 0 Å².